The van der Waals surface area contributed by atoms with Crippen LogP contribution in [0.25, 0.3) is 0 Å². The second-order valence-corrected chi connectivity index (χ2v) is 9.32. The molecule has 0 saturated carbocycles. The zero-order chi connectivity index (χ0) is 22.1. The first-order valence-electron chi connectivity index (χ1n) is 10.2. The number of likely N-dealkylation sites (tertiary alicyclic amines) is 2. The number of piperidine rings is 2. The van der Waals surface area contributed by atoms with Crippen LogP contribution in [0.4, 0.5) is 14.9 Å². The van der Waals surface area contributed by atoms with Crippen molar-refractivity contribution < 1.29 is 23.8 Å². The van der Waals surface area contributed by atoms with Gasteiger partial charge in [0.2, 0.25) is 5.91 Å². The summed E-state index contributed by atoms with van der Waals surface area (Å²) < 4.78 is 19.1. The number of aliphatic hydroxyl groups is 1. The summed E-state index contributed by atoms with van der Waals surface area (Å²) in [5.41, 5.74) is -0.190. The summed E-state index contributed by atoms with van der Waals surface area (Å²) in [6.07, 6.45) is 0.498. The van der Waals surface area contributed by atoms with E-state index in [4.69, 9.17) is 16.3 Å². The molecule has 3 rings (SSSR count). The Morgan fingerprint density at radius 1 is 1.27 bits per heavy atom. The fourth-order valence-electron chi connectivity index (χ4n) is 3.92. The lowest BCUT2D eigenvalue weighted by Gasteiger charge is -2.45. The number of aliphatic hydroxyl groups excluding tert-OH is 1. The largest absolute Gasteiger partial charge is 0.444 e. The van der Waals surface area contributed by atoms with E-state index in [1.807, 2.05) is 0 Å². The first kappa shape index (κ1) is 22.6. The van der Waals surface area contributed by atoms with Crippen LogP contribution in [0, 0.1) is 5.82 Å². The van der Waals surface area contributed by atoms with E-state index in [1.165, 1.54) is 12.1 Å². The molecule has 30 heavy (non-hydrogen) atoms. The number of carbonyl (C=O) groups excluding carboxylic acids is 2. The normalized spacial score (nSPS) is 25.3. The van der Waals surface area contributed by atoms with E-state index >= 15 is 0 Å². The lowest BCUT2D eigenvalue weighted by Crippen LogP contribution is -2.62. The summed E-state index contributed by atoms with van der Waals surface area (Å²) in [7, 11) is 0. The molecule has 2 N–H and O–H groups in total. The van der Waals surface area contributed by atoms with Crippen LogP contribution in [-0.4, -0.2) is 70.3 Å². The van der Waals surface area contributed by atoms with Crippen molar-refractivity contribution in [3.8, 4) is 0 Å². The molecule has 0 aliphatic carbocycles. The van der Waals surface area contributed by atoms with Gasteiger partial charge in [-0.05, 0) is 58.2 Å². The number of amides is 2. The van der Waals surface area contributed by atoms with Crippen molar-refractivity contribution in [2.24, 2.45) is 0 Å². The fourth-order valence-corrected chi connectivity index (χ4v) is 4.14. The smallest absolute Gasteiger partial charge is 0.410 e. The molecule has 2 saturated heterocycles. The van der Waals surface area contributed by atoms with Crippen molar-refractivity contribution in [2.75, 3.05) is 25.0 Å². The van der Waals surface area contributed by atoms with Crippen LogP contribution in [-0.2, 0) is 9.53 Å². The Bertz CT molecular complexity index is 781. The number of benzene rings is 1. The maximum absolute atomic E-state index is 13.6. The van der Waals surface area contributed by atoms with Crippen LogP contribution in [0.5, 0.6) is 0 Å². The lowest BCUT2D eigenvalue weighted by atomic mass is 9.96. The molecule has 2 aliphatic rings. The number of nitrogens with one attached hydrogen (secondary N) is 1. The second-order valence-electron chi connectivity index (χ2n) is 8.88. The molecule has 0 aromatic heterocycles. The predicted octanol–water partition coefficient (Wildman–Crippen LogP) is 3.25. The van der Waals surface area contributed by atoms with Crippen LogP contribution in [0.2, 0.25) is 5.02 Å². The van der Waals surface area contributed by atoms with Crippen molar-refractivity contribution in [1.29, 1.82) is 0 Å². The maximum Gasteiger partial charge on any atom is 0.410 e. The molecule has 2 amide bonds. The highest BCUT2D eigenvalue weighted by molar-refractivity contribution is 6.30. The molecular formula is C21H29ClFN3O4. The third-order valence-electron chi connectivity index (χ3n) is 5.27. The van der Waals surface area contributed by atoms with Crippen molar-refractivity contribution in [3.63, 3.8) is 0 Å². The van der Waals surface area contributed by atoms with Crippen molar-refractivity contribution in [3.05, 3.63) is 29.0 Å². The SMILES string of the molecule is CC(C)(C)OC(=O)N1CC[C@H](O)[C@@H](N2CCCC(Nc3cc(F)cc(Cl)c3)C2=O)C1. The summed E-state index contributed by atoms with van der Waals surface area (Å²) in [5.74, 6) is -0.669. The molecule has 1 aromatic rings. The fraction of sp³-hybridized carbons (Fsp3) is 0.619. The Labute approximate surface area is 181 Å². The Balaban J connectivity index is 1.70. The number of halogens is 2. The molecule has 7 nitrogen and oxygen atoms in total. The highest BCUT2D eigenvalue weighted by Gasteiger charge is 2.41. The second kappa shape index (κ2) is 8.98. The van der Waals surface area contributed by atoms with Gasteiger partial charge in [0, 0.05) is 30.3 Å². The Morgan fingerprint density at radius 2 is 2.00 bits per heavy atom. The van der Waals surface area contributed by atoms with E-state index in [0.29, 0.717) is 31.6 Å². The quantitative estimate of drug-likeness (QED) is 0.752. The number of carbonyl (C=O) groups is 2. The Kier molecular flexibility index (Phi) is 6.77. The molecular weight excluding hydrogens is 413 g/mol. The van der Waals surface area contributed by atoms with E-state index < -0.39 is 35.7 Å². The van der Waals surface area contributed by atoms with Gasteiger partial charge >= 0.3 is 6.09 Å². The summed E-state index contributed by atoms with van der Waals surface area (Å²) in [5, 5.41) is 13.9. The Morgan fingerprint density at radius 3 is 2.67 bits per heavy atom. The monoisotopic (exact) mass is 441 g/mol. The maximum atomic E-state index is 13.6. The van der Waals surface area contributed by atoms with Crippen LogP contribution in [0.3, 0.4) is 0 Å². The zero-order valence-electron chi connectivity index (χ0n) is 17.5. The summed E-state index contributed by atoms with van der Waals surface area (Å²) in [6, 6.07) is 2.99. The van der Waals surface area contributed by atoms with E-state index in [2.05, 4.69) is 5.32 Å². The van der Waals surface area contributed by atoms with Gasteiger partial charge in [-0.3, -0.25) is 4.79 Å². The van der Waals surface area contributed by atoms with Gasteiger partial charge in [0.05, 0.1) is 12.1 Å². The lowest BCUT2D eigenvalue weighted by molar-refractivity contribution is -0.142. The molecule has 9 heteroatoms. The number of hydrogen-bond donors (Lipinski definition) is 2. The van der Waals surface area contributed by atoms with Gasteiger partial charge in [-0.15, -0.1) is 0 Å². The predicted molar refractivity (Wildman–Crippen MR) is 112 cm³/mol. The summed E-state index contributed by atoms with van der Waals surface area (Å²) >= 11 is 5.91. The number of nitrogens with zero attached hydrogens (tertiary/aromatic N) is 2. The van der Waals surface area contributed by atoms with Gasteiger partial charge in [-0.2, -0.15) is 0 Å². The minimum Gasteiger partial charge on any atom is -0.444 e. The number of hydrogen-bond acceptors (Lipinski definition) is 5. The summed E-state index contributed by atoms with van der Waals surface area (Å²) in [4.78, 5) is 28.8. The molecule has 2 heterocycles. The van der Waals surface area contributed by atoms with Crippen LogP contribution < -0.4 is 5.32 Å². The van der Waals surface area contributed by atoms with E-state index in [-0.39, 0.29) is 17.5 Å². The molecule has 1 aromatic carbocycles. The Hall–Kier alpha value is -2.06. The topological polar surface area (TPSA) is 82.1 Å². The summed E-state index contributed by atoms with van der Waals surface area (Å²) in [6.45, 7) is 6.46. The van der Waals surface area contributed by atoms with E-state index in [1.54, 1.807) is 36.6 Å². The first-order chi connectivity index (χ1) is 14.0. The average molecular weight is 442 g/mol. The van der Waals surface area contributed by atoms with Crippen LogP contribution >= 0.6 is 11.6 Å². The first-order valence-corrected chi connectivity index (χ1v) is 10.6. The van der Waals surface area contributed by atoms with Gasteiger partial charge in [-0.25, -0.2) is 9.18 Å². The molecule has 0 bridgehead atoms. The van der Waals surface area contributed by atoms with Gasteiger partial charge in [0.25, 0.3) is 0 Å². The van der Waals surface area contributed by atoms with Crippen molar-refractivity contribution in [1.82, 2.24) is 9.80 Å². The number of anilines is 1. The third kappa shape index (κ3) is 5.55. The highest BCUT2D eigenvalue weighted by atomic mass is 35.5. The number of ether oxygens (including phenoxy) is 1. The third-order valence-corrected chi connectivity index (χ3v) is 5.49. The minimum atomic E-state index is -0.727. The van der Waals surface area contributed by atoms with Crippen molar-refractivity contribution in [2.45, 2.75) is 63.8 Å². The van der Waals surface area contributed by atoms with Crippen LogP contribution in [0.15, 0.2) is 18.2 Å². The van der Waals surface area contributed by atoms with E-state index in [0.717, 1.165) is 6.42 Å². The average Bonchev–Trinajstić information content (AvgIpc) is 2.62. The molecule has 3 atom stereocenters. The molecule has 2 fully saturated rings. The molecule has 0 spiro atoms. The standard InChI is InChI=1S/C21H29ClFN3O4/c1-21(2,3)30-20(29)25-8-6-18(27)17(12-25)26-7-4-5-16(19(26)28)24-15-10-13(22)9-14(23)11-15/h9-11,16-18,24,27H,4-8,12H2,1-3H3/t16?,17-,18-/m0/s1. The van der Waals surface area contributed by atoms with Gasteiger partial charge in [0.15, 0.2) is 0 Å². The van der Waals surface area contributed by atoms with Gasteiger partial charge in [0.1, 0.15) is 17.5 Å². The van der Waals surface area contributed by atoms with E-state index in [9.17, 15) is 19.1 Å². The molecule has 0 radical (unpaired) electrons. The molecule has 1 unspecified atom stereocenters. The molecule has 166 valence electrons. The zero-order valence-corrected chi connectivity index (χ0v) is 18.3. The molecule has 2 aliphatic heterocycles. The highest BCUT2D eigenvalue weighted by Crippen LogP contribution is 2.26. The van der Waals surface area contributed by atoms with Crippen LogP contribution in [0.1, 0.15) is 40.0 Å². The van der Waals surface area contributed by atoms with Gasteiger partial charge in [-0.1, -0.05) is 11.6 Å². The minimum absolute atomic E-state index is 0.184. The van der Waals surface area contributed by atoms with Gasteiger partial charge < -0.3 is 25.0 Å². The van der Waals surface area contributed by atoms with Crippen molar-refractivity contribution >= 4 is 29.3 Å². The number of rotatable bonds is 3.